The highest BCUT2D eigenvalue weighted by Gasteiger charge is 2.16. The molecule has 1 rings (SSSR count). The van der Waals surface area contributed by atoms with Gasteiger partial charge in [-0.2, -0.15) is 5.26 Å². The van der Waals surface area contributed by atoms with Gasteiger partial charge in [-0.3, -0.25) is 9.78 Å². The molecule has 0 aliphatic heterocycles. The van der Waals surface area contributed by atoms with Crippen LogP contribution in [0, 0.1) is 18.3 Å². The lowest BCUT2D eigenvalue weighted by molar-refractivity contribution is 0.0773. The minimum absolute atomic E-state index is 0.158. The van der Waals surface area contributed by atoms with Gasteiger partial charge in [-0.15, -0.1) is 0 Å². The smallest absolute Gasteiger partial charge is 0.254 e. The third kappa shape index (κ3) is 2.53. The number of carbonyl (C=O) groups excluding carboxylic acids is 1. The molecule has 4 nitrogen and oxygen atoms in total. The number of aromatic nitrogens is 1. The molecule has 0 bridgehead atoms. The summed E-state index contributed by atoms with van der Waals surface area (Å²) < 4.78 is 0. The normalized spacial score (nSPS) is 11.6. The molecule has 0 saturated heterocycles. The van der Waals surface area contributed by atoms with Gasteiger partial charge in [0.1, 0.15) is 6.04 Å². The molecule has 0 saturated carbocycles. The van der Waals surface area contributed by atoms with Gasteiger partial charge < -0.3 is 4.90 Å². The van der Waals surface area contributed by atoms with Crippen LogP contribution in [0.15, 0.2) is 18.3 Å². The minimum Gasteiger partial charge on any atom is -0.326 e. The van der Waals surface area contributed by atoms with E-state index in [0.29, 0.717) is 5.56 Å². The van der Waals surface area contributed by atoms with Crippen molar-refractivity contribution in [1.82, 2.24) is 9.88 Å². The lowest BCUT2D eigenvalue weighted by Gasteiger charge is -2.19. The van der Waals surface area contributed by atoms with Gasteiger partial charge in [0.2, 0.25) is 0 Å². The topological polar surface area (TPSA) is 57.0 Å². The summed E-state index contributed by atoms with van der Waals surface area (Å²) in [5.41, 5.74) is 1.35. The number of hydrogen-bond donors (Lipinski definition) is 0. The molecule has 1 heterocycles. The van der Waals surface area contributed by atoms with E-state index in [4.69, 9.17) is 5.26 Å². The number of nitriles is 1. The van der Waals surface area contributed by atoms with Crippen molar-refractivity contribution in [3.63, 3.8) is 0 Å². The number of carbonyl (C=O) groups is 1. The Labute approximate surface area is 89.2 Å². The number of nitrogens with zero attached hydrogens (tertiary/aromatic N) is 3. The quantitative estimate of drug-likeness (QED) is 0.729. The SMILES string of the molecule is Cc1cc(C(=O)N(C)C(C)C#N)ccn1. The largest absolute Gasteiger partial charge is 0.326 e. The van der Waals surface area contributed by atoms with E-state index in [9.17, 15) is 4.79 Å². The highest BCUT2D eigenvalue weighted by atomic mass is 16.2. The number of pyridine rings is 1. The van der Waals surface area contributed by atoms with Crippen molar-refractivity contribution in [2.24, 2.45) is 0 Å². The van der Waals surface area contributed by atoms with Gasteiger partial charge in [-0.05, 0) is 26.0 Å². The Morgan fingerprint density at radius 1 is 1.67 bits per heavy atom. The molecule has 1 unspecified atom stereocenters. The van der Waals surface area contributed by atoms with Gasteiger partial charge in [-0.1, -0.05) is 0 Å². The van der Waals surface area contributed by atoms with Gasteiger partial charge in [0, 0.05) is 24.5 Å². The van der Waals surface area contributed by atoms with Gasteiger partial charge in [0.05, 0.1) is 6.07 Å². The van der Waals surface area contributed by atoms with Crippen LogP contribution in [0.25, 0.3) is 0 Å². The van der Waals surface area contributed by atoms with Crippen molar-refractivity contribution in [2.45, 2.75) is 19.9 Å². The van der Waals surface area contributed by atoms with E-state index in [1.165, 1.54) is 4.90 Å². The van der Waals surface area contributed by atoms with E-state index in [1.807, 2.05) is 13.0 Å². The first-order valence-electron chi connectivity index (χ1n) is 4.65. The molecule has 1 aromatic heterocycles. The van der Waals surface area contributed by atoms with Gasteiger partial charge >= 0.3 is 0 Å². The molecule has 1 aromatic rings. The molecule has 1 amide bonds. The van der Waals surface area contributed by atoms with Crippen LogP contribution in [0.2, 0.25) is 0 Å². The summed E-state index contributed by atoms with van der Waals surface area (Å²) in [6.45, 7) is 3.51. The number of rotatable bonds is 2. The fraction of sp³-hybridized carbons (Fsp3) is 0.364. The zero-order valence-corrected chi connectivity index (χ0v) is 9.06. The molecule has 4 heteroatoms. The maximum atomic E-state index is 11.8. The van der Waals surface area contributed by atoms with Crippen LogP contribution in [0.4, 0.5) is 0 Å². The van der Waals surface area contributed by atoms with Crippen molar-refractivity contribution in [3.05, 3.63) is 29.6 Å². The molecule has 0 spiro atoms. The first kappa shape index (κ1) is 11.2. The van der Waals surface area contributed by atoms with Crippen LogP contribution < -0.4 is 0 Å². The van der Waals surface area contributed by atoms with Crippen LogP contribution in [0.3, 0.4) is 0 Å². The summed E-state index contributed by atoms with van der Waals surface area (Å²) in [6, 6.07) is 4.95. The Balaban J connectivity index is 2.91. The average molecular weight is 203 g/mol. The van der Waals surface area contributed by atoms with Crippen LogP contribution in [0.5, 0.6) is 0 Å². The van der Waals surface area contributed by atoms with Crippen LogP contribution in [-0.2, 0) is 0 Å². The van der Waals surface area contributed by atoms with Crippen LogP contribution in [-0.4, -0.2) is 28.9 Å². The number of hydrogen-bond acceptors (Lipinski definition) is 3. The van der Waals surface area contributed by atoms with Gasteiger partial charge in [0.15, 0.2) is 0 Å². The molecular formula is C11H13N3O. The fourth-order valence-corrected chi connectivity index (χ4v) is 1.14. The Hall–Kier alpha value is -1.89. The van der Waals surface area contributed by atoms with E-state index in [2.05, 4.69) is 4.98 Å². The maximum Gasteiger partial charge on any atom is 0.254 e. The van der Waals surface area contributed by atoms with Crippen molar-refractivity contribution in [2.75, 3.05) is 7.05 Å². The molecule has 15 heavy (non-hydrogen) atoms. The molecule has 0 aliphatic carbocycles. The number of amides is 1. The summed E-state index contributed by atoms with van der Waals surface area (Å²) in [6.07, 6.45) is 1.59. The predicted octanol–water partition coefficient (Wildman–Crippen LogP) is 1.37. The van der Waals surface area contributed by atoms with Crippen LogP contribution in [0.1, 0.15) is 23.0 Å². The Bertz CT molecular complexity index is 409. The predicted molar refractivity (Wildman–Crippen MR) is 56.1 cm³/mol. The van der Waals surface area contributed by atoms with Crippen molar-refractivity contribution in [1.29, 1.82) is 5.26 Å². The van der Waals surface area contributed by atoms with E-state index in [0.717, 1.165) is 5.69 Å². The summed E-state index contributed by atoms with van der Waals surface area (Å²) in [4.78, 5) is 17.3. The second kappa shape index (κ2) is 4.56. The van der Waals surface area contributed by atoms with Crippen molar-refractivity contribution < 1.29 is 4.79 Å². The molecule has 0 fully saturated rings. The minimum atomic E-state index is -0.425. The second-order valence-electron chi connectivity index (χ2n) is 3.41. The van der Waals surface area contributed by atoms with Crippen molar-refractivity contribution >= 4 is 5.91 Å². The molecule has 0 radical (unpaired) electrons. The highest BCUT2D eigenvalue weighted by Crippen LogP contribution is 2.06. The highest BCUT2D eigenvalue weighted by molar-refractivity contribution is 5.94. The van der Waals surface area contributed by atoms with E-state index in [-0.39, 0.29) is 5.91 Å². The van der Waals surface area contributed by atoms with E-state index >= 15 is 0 Å². The first-order valence-corrected chi connectivity index (χ1v) is 4.65. The summed E-state index contributed by atoms with van der Waals surface area (Å²) in [7, 11) is 1.62. The lowest BCUT2D eigenvalue weighted by atomic mass is 10.2. The Kier molecular flexibility index (Phi) is 3.40. The maximum absolute atomic E-state index is 11.8. The number of aryl methyl sites for hydroxylation is 1. The summed E-state index contributed by atoms with van der Waals surface area (Å²) in [5.74, 6) is -0.158. The fourth-order valence-electron chi connectivity index (χ4n) is 1.14. The third-order valence-electron chi connectivity index (χ3n) is 2.23. The summed E-state index contributed by atoms with van der Waals surface area (Å²) >= 11 is 0. The summed E-state index contributed by atoms with van der Waals surface area (Å²) in [5, 5.41) is 8.70. The lowest BCUT2D eigenvalue weighted by Crippen LogP contribution is -2.34. The molecule has 0 aliphatic rings. The van der Waals surface area contributed by atoms with Gasteiger partial charge in [-0.25, -0.2) is 0 Å². The first-order chi connectivity index (χ1) is 7.06. The monoisotopic (exact) mass is 203 g/mol. The zero-order valence-electron chi connectivity index (χ0n) is 9.06. The van der Waals surface area contributed by atoms with E-state index in [1.54, 1.807) is 32.3 Å². The Morgan fingerprint density at radius 2 is 2.33 bits per heavy atom. The second-order valence-corrected chi connectivity index (χ2v) is 3.41. The molecule has 0 N–H and O–H groups in total. The standard InChI is InChI=1S/C11H13N3O/c1-8-6-10(4-5-13-8)11(15)14(3)9(2)7-12/h4-6,9H,1-3H3. The molecule has 78 valence electrons. The molecule has 1 atom stereocenters. The third-order valence-corrected chi connectivity index (χ3v) is 2.23. The van der Waals surface area contributed by atoms with Gasteiger partial charge in [0.25, 0.3) is 5.91 Å². The zero-order chi connectivity index (χ0) is 11.4. The van der Waals surface area contributed by atoms with Crippen molar-refractivity contribution in [3.8, 4) is 6.07 Å². The van der Waals surface area contributed by atoms with E-state index < -0.39 is 6.04 Å². The molecule has 0 aromatic carbocycles. The average Bonchev–Trinajstić information content (AvgIpc) is 2.26. The van der Waals surface area contributed by atoms with Crippen LogP contribution >= 0.6 is 0 Å². The Morgan fingerprint density at radius 3 is 2.87 bits per heavy atom. The molecular weight excluding hydrogens is 190 g/mol.